The van der Waals surface area contributed by atoms with Crippen molar-refractivity contribution in [2.24, 2.45) is 0 Å². The van der Waals surface area contributed by atoms with Crippen molar-refractivity contribution in [3.63, 3.8) is 0 Å². The summed E-state index contributed by atoms with van der Waals surface area (Å²) in [6.45, 7) is 5.35. The number of amides is 1. The van der Waals surface area contributed by atoms with Gasteiger partial charge in [-0.1, -0.05) is 12.1 Å². The Morgan fingerprint density at radius 2 is 1.83 bits per heavy atom. The minimum absolute atomic E-state index is 0.0536. The molecule has 0 saturated heterocycles. The van der Waals surface area contributed by atoms with E-state index < -0.39 is 30.8 Å². The van der Waals surface area contributed by atoms with Gasteiger partial charge in [0.05, 0.1) is 23.9 Å². The summed E-state index contributed by atoms with van der Waals surface area (Å²) in [6, 6.07) is 8.26. The third kappa shape index (κ3) is 3.91. The summed E-state index contributed by atoms with van der Waals surface area (Å²) in [5.41, 5.74) is 2.77. The van der Waals surface area contributed by atoms with Crippen LogP contribution in [0.4, 0.5) is 5.69 Å². The Labute approximate surface area is 174 Å². The lowest BCUT2D eigenvalue weighted by molar-refractivity contribution is -0.141. The zero-order valence-corrected chi connectivity index (χ0v) is 17.4. The number of carbonyl (C=O) groups excluding carboxylic acids is 4. The van der Waals surface area contributed by atoms with Gasteiger partial charge in [0.15, 0.2) is 6.61 Å². The predicted molar refractivity (Wildman–Crippen MR) is 109 cm³/mol. The zero-order valence-electron chi connectivity index (χ0n) is 17.4. The Morgan fingerprint density at radius 3 is 2.53 bits per heavy atom. The largest absolute Gasteiger partial charge is 0.456 e. The number of Topliss-reactive ketones (excluding diaryl/α,β-unsaturated/α-hetero) is 2. The molecule has 0 radical (unpaired) electrons. The van der Waals surface area contributed by atoms with Gasteiger partial charge in [-0.05, 0) is 39.0 Å². The molecule has 30 heavy (non-hydrogen) atoms. The van der Waals surface area contributed by atoms with E-state index >= 15 is 0 Å². The number of fused-ring (bicyclic) bond motifs is 1. The quantitative estimate of drug-likeness (QED) is 0.375. The molecule has 1 amide bonds. The monoisotopic (exact) mass is 412 g/mol. The molecule has 2 heterocycles. The highest BCUT2D eigenvalue weighted by atomic mass is 16.5. The number of esters is 1. The number of ketones is 2. The van der Waals surface area contributed by atoms with Crippen LogP contribution in [0.1, 0.15) is 45.1 Å². The third-order valence-electron chi connectivity index (χ3n) is 5.16. The Hall–Kier alpha value is -3.26. The molecule has 1 aliphatic heterocycles. The fraction of sp³-hybridized carbons (Fsp3) is 0.364. The summed E-state index contributed by atoms with van der Waals surface area (Å²) in [5.74, 6) is -2.54. The lowest BCUT2D eigenvalue weighted by Gasteiger charge is -2.17. The maximum Gasteiger partial charge on any atom is 0.326 e. The summed E-state index contributed by atoms with van der Waals surface area (Å²) in [7, 11) is 1.62. The molecule has 158 valence electrons. The first-order chi connectivity index (χ1) is 14.3. The van der Waals surface area contributed by atoms with Crippen molar-refractivity contribution in [3.8, 4) is 0 Å². The number of carbonyl (C=O) groups is 4. The molecule has 0 spiro atoms. The summed E-state index contributed by atoms with van der Waals surface area (Å²) < 4.78 is 12.3. The molecule has 0 unspecified atom stereocenters. The van der Waals surface area contributed by atoms with Gasteiger partial charge in [-0.3, -0.25) is 24.1 Å². The Bertz CT molecular complexity index is 1020. The smallest absolute Gasteiger partial charge is 0.326 e. The lowest BCUT2D eigenvalue weighted by atomic mass is 10.1. The van der Waals surface area contributed by atoms with Crippen molar-refractivity contribution < 1.29 is 28.7 Å². The maximum atomic E-state index is 12.6. The van der Waals surface area contributed by atoms with Gasteiger partial charge in [-0.2, -0.15) is 0 Å². The summed E-state index contributed by atoms with van der Waals surface area (Å²) in [4.78, 5) is 50.1. The number of para-hydroxylation sites is 1. The van der Waals surface area contributed by atoms with E-state index in [-0.39, 0.29) is 17.4 Å². The number of methoxy groups -OCH3 is 1. The first-order valence-electron chi connectivity index (χ1n) is 9.57. The first-order valence-corrected chi connectivity index (χ1v) is 9.57. The van der Waals surface area contributed by atoms with Crippen LogP contribution in [0.15, 0.2) is 30.3 Å². The van der Waals surface area contributed by atoms with Crippen LogP contribution in [0.5, 0.6) is 0 Å². The van der Waals surface area contributed by atoms with Crippen LogP contribution in [-0.4, -0.2) is 54.9 Å². The topological polar surface area (TPSA) is 94.9 Å². The molecule has 0 N–H and O–H groups in total. The van der Waals surface area contributed by atoms with E-state index in [2.05, 4.69) is 0 Å². The van der Waals surface area contributed by atoms with Crippen LogP contribution in [0.25, 0.3) is 0 Å². The number of anilines is 1. The van der Waals surface area contributed by atoms with E-state index in [0.29, 0.717) is 17.9 Å². The van der Waals surface area contributed by atoms with E-state index in [1.807, 2.05) is 25.3 Å². The van der Waals surface area contributed by atoms with Gasteiger partial charge >= 0.3 is 5.97 Å². The number of hydrogen-bond donors (Lipinski definition) is 0. The van der Waals surface area contributed by atoms with E-state index in [1.165, 1.54) is 6.07 Å². The number of aryl methyl sites for hydroxylation is 1. The first kappa shape index (κ1) is 21.4. The van der Waals surface area contributed by atoms with E-state index in [0.717, 1.165) is 16.3 Å². The van der Waals surface area contributed by atoms with Gasteiger partial charge in [0, 0.05) is 24.1 Å². The molecule has 0 bridgehead atoms. The summed E-state index contributed by atoms with van der Waals surface area (Å²) in [5, 5.41) is 0. The average molecular weight is 412 g/mol. The van der Waals surface area contributed by atoms with Crippen molar-refractivity contribution in [1.82, 2.24) is 4.57 Å². The van der Waals surface area contributed by atoms with Gasteiger partial charge < -0.3 is 14.0 Å². The minimum Gasteiger partial charge on any atom is -0.456 e. The summed E-state index contributed by atoms with van der Waals surface area (Å²) >= 11 is 0. The van der Waals surface area contributed by atoms with Crippen molar-refractivity contribution in [1.29, 1.82) is 0 Å². The second kappa shape index (κ2) is 8.62. The molecule has 1 aliphatic rings. The molecule has 1 aromatic carbocycles. The molecule has 0 saturated carbocycles. The van der Waals surface area contributed by atoms with Gasteiger partial charge in [0.1, 0.15) is 6.54 Å². The molecule has 1 aromatic heterocycles. The SMILES string of the molecule is COC[C@H](C)n1c(C)cc(C(=O)COC(=O)CN2C(=O)C(=O)c3ccccc32)c1C. The summed E-state index contributed by atoms with van der Waals surface area (Å²) in [6.07, 6.45) is 0. The Balaban J connectivity index is 1.65. The van der Waals surface area contributed by atoms with Crippen LogP contribution < -0.4 is 4.90 Å². The van der Waals surface area contributed by atoms with Crippen LogP contribution in [0, 0.1) is 13.8 Å². The van der Waals surface area contributed by atoms with E-state index in [1.54, 1.807) is 31.4 Å². The Kier molecular flexibility index (Phi) is 6.17. The molecule has 2 aromatic rings. The number of rotatable bonds is 8. The molecule has 8 nitrogen and oxygen atoms in total. The highest BCUT2D eigenvalue weighted by molar-refractivity contribution is 6.52. The average Bonchev–Trinajstić information content (AvgIpc) is 3.15. The third-order valence-corrected chi connectivity index (χ3v) is 5.16. The van der Waals surface area contributed by atoms with Crippen LogP contribution in [0.2, 0.25) is 0 Å². The van der Waals surface area contributed by atoms with Gasteiger partial charge in [0.2, 0.25) is 5.78 Å². The van der Waals surface area contributed by atoms with E-state index in [9.17, 15) is 19.2 Å². The van der Waals surface area contributed by atoms with Crippen molar-refractivity contribution in [2.75, 3.05) is 31.8 Å². The van der Waals surface area contributed by atoms with Gasteiger partial charge in [-0.15, -0.1) is 0 Å². The molecular weight excluding hydrogens is 388 g/mol. The standard InChI is InChI=1S/C22H24N2O6/c1-13-9-17(15(3)24(13)14(2)11-29-4)19(25)12-30-20(26)10-23-18-8-6-5-7-16(18)21(27)22(23)28/h5-9,14H,10-12H2,1-4H3/t14-/m0/s1. The second-order valence-corrected chi connectivity index (χ2v) is 7.28. The maximum absolute atomic E-state index is 12.6. The minimum atomic E-state index is -0.782. The molecule has 0 fully saturated rings. The van der Waals surface area contributed by atoms with Gasteiger partial charge in [-0.25, -0.2) is 0 Å². The van der Waals surface area contributed by atoms with Crippen LogP contribution in [0.3, 0.4) is 0 Å². The number of benzene rings is 1. The molecular formula is C22H24N2O6. The highest BCUT2D eigenvalue weighted by Crippen LogP contribution is 2.28. The molecule has 0 aliphatic carbocycles. The fourth-order valence-corrected chi connectivity index (χ4v) is 3.86. The molecule has 3 rings (SSSR count). The van der Waals surface area contributed by atoms with E-state index in [4.69, 9.17) is 9.47 Å². The second-order valence-electron chi connectivity index (χ2n) is 7.28. The number of nitrogens with zero attached hydrogens (tertiary/aromatic N) is 2. The number of ether oxygens (including phenoxy) is 2. The van der Waals surface area contributed by atoms with Crippen molar-refractivity contribution in [2.45, 2.75) is 26.8 Å². The molecule has 8 heteroatoms. The van der Waals surface area contributed by atoms with Crippen molar-refractivity contribution >= 4 is 29.1 Å². The van der Waals surface area contributed by atoms with Crippen LogP contribution in [-0.2, 0) is 19.1 Å². The van der Waals surface area contributed by atoms with Crippen molar-refractivity contribution in [3.05, 3.63) is 52.8 Å². The van der Waals surface area contributed by atoms with Crippen LogP contribution >= 0.6 is 0 Å². The molecule has 1 atom stereocenters. The predicted octanol–water partition coefficient (Wildman–Crippen LogP) is 2.27. The fourth-order valence-electron chi connectivity index (χ4n) is 3.86. The Morgan fingerprint density at radius 1 is 1.13 bits per heavy atom. The van der Waals surface area contributed by atoms with Gasteiger partial charge in [0.25, 0.3) is 11.7 Å². The number of hydrogen-bond acceptors (Lipinski definition) is 6. The zero-order chi connectivity index (χ0) is 22.0. The number of aromatic nitrogens is 1. The normalized spacial score (nSPS) is 14.1. The lowest BCUT2D eigenvalue weighted by Crippen LogP contribution is -2.36. The highest BCUT2D eigenvalue weighted by Gasteiger charge is 2.36.